The second kappa shape index (κ2) is 4.45. The molecule has 21 heavy (non-hydrogen) atoms. The summed E-state index contributed by atoms with van der Waals surface area (Å²) >= 11 is 0. The summed E-state index contributed by atoms with van der Waals surface area (Å²) in [7, 11) is 0. The van der Waals surface area contributed by atoms with E-state index in [2.05, 4.69) is 25.7 Å². The number of rotatable bonds is 2. The van der Waals surface area contributed by atoms with Gasteiger partial charge in [0, 0.05) is 16.5 Å². The molecule has 0 spiro atoms. The highest BCUT2D eigenvalue weighted by molar-refractivity contribution is 6.11. The molecule has 1 amide bonds. The number of benzene rings is 2. The summed E-state index contributed by atoms with van der Waals surface area (Å²) in [4.78, 5) is 12.3. The Labute approximate surface area is 119 Å². The first-order valence-corrected chi connectivity index (χ1v) is 6.49. The molecule has 102 valence electrons. The molecule has 6 nitrogen and oxygen atoms in total. The van der Waals surface area contributed by atoms with E-state index in [1.165, 1.54) is 0 Å². The standard InChI is InChI=1S/C15H11N5O/c21-15(14-11-3-1-2-4-12(11)19-20-14)17-10-6-5-9-8-16-18-13(9)7-10/h1-8H,(H,16,18)(H,17,21)(H,19,20). The number of anilines is 1. The number of aromatic amines is 2. The van der Waals surface area contributed by atoms with Crippen LogP contribution in [-0.2, 0) is 0 Å². The number of nitrogens with one attached hydrogen (secondary N) is 3. The maximum absolute atomic E-state index is 12.3. The molecule has 2 heterocycles. The van der Waals surface area contributed by atoms with Gasteiger partial charge in [0.25, 0.3) is 5.91 Å². The maximum atomic E-state index is 12.3. The van der Waals surface area contributed by atoms with Gasteiger partial charge in [-0.1, -0.05) is 18.2 Å². The second-order valence-corrected chi connectivity index (χ2v) is 4.74. The lowest BCUT2D eigenvalue weighted by atomic mass is 10.2. The van der Waals surface area contributed by atoms with Gasteiger partial charge in [-0.25, -0.2) is 0 Å². The highest BCUT2D eigenvalue weighted by Gasteiger charge is 2.14. The molecule has 6 heteroatoms. The first kappa shape index (κ1) is 11.7. The summed E-state index contributed by atoms with van der Waals surface area (Å²) in [5, 5.41) is 18.4. The number of hydrogen-bond acceptors (Lipinski definition) is 3. The molecule has 3 N–H and O–H groups in total. The molecular formula is C15H11N5O. The van der Waals surface area contributed by atoms with Crippen molar-refractivity contribution < 1.29 is 4.79 Å². The third-order valence-corrected chi connectivity index (χ3v) is 3.39. The molecule has 0 unspecified atom stereocenters. The summed E-state index contributed by atoms with van der Waals surface area (Å²) in [6, 6.07) is 13.1. The fraction of sp³-hybridized carbons (Fsp3) is 0. The Bertz CT molecular complexity index is 953. The highest BCUT2D eigenvalue weighted by atomic mass is 16.1. The molecule has 0 saturated heterocycles. The lowest BCUT2D eigenvalue weighted by Gasteiger charge is -2.03. The van der Waals surface area contributed by atoms with Crippen LogP contribution in [0.15, 0.2) is 48.7 Å². The lowest BCUT2D eigenvalue weighted by molar-refractivity contribution is 0.102. The van der Waals surface area contributed by atoms with Gasteiger partial charge in [-0.05, 0) is 24.3 Å². The smallest absolute Gasteiger partial charge is 0.276 e. The van der Waals surface area contributed by atoms with Crippen molar-refractivity contribution in [1.82, 2.24) is 20.4 Å². The zero-order valence-corrected chi connectivity index (χ0v) is 10.9. The van der Waals surface area contributed by atoms with Crippen molar-refractivity contribution in [2.24, 2.45) is 0 Å². The number of carbonyl (C=O) groups excluding carboxylic acids is 1. The lowest BCUT2D eigenvalue weighted by Crippen LogP contribution is -2.12. The number of aromatic nitrogens is 4. The van der Waals surface area contributed by atoms with Crippen molar-refractivity contribution in [2.45, 2.75) is 0 Å². The molecular weight excluding hydrogens is 266 g/mol. The van der Waals surface area contributed by atoms with E-state index in [1.807, 2.05) is 42.5 Å². The van der Waals surface area contributed by atoms with Gasteiger partial charge >= 0.3 is 0 Å². The van der Waals surface area contributed by atoms with Gasteiger partial charge in [-0.3, -0.25) is 15.0 Å². The van der Waals surface area contributed by atoms with Crippen LogP contribution in [0.25, 0.3) is 21.8 Å². The largest absolute Gasteiger partial charge is 0.320 e. The number of para-hydroxylation sites is 1. The van der Waals surface area contributed by atoms with Crippen LogP contribution in [0.1, 0.15) is 10.5 Å². The van der Waals surface area contributed by atoms with Crippen LogP contribution >= 0.6 is 0 Å². The fourth-order valence-corrected chi connectivity index (χ4v) is 2.34. The van der Waals surface area contributed by atoms with Gasteiger partial charge in [0.2, 0.25) is 0 Å². The second-order valence-electron chi connectivity index (χ2n) is 4.74. The Morgan fingerprint density at radius 3 is 2.90 bits per heavy atom. The predicted molar refractivity (Wildman–Crippen MR) is 80.1 cm³/mol. The maximum Gasteiger partial charge on any atom is 0.276 e. The van der Waals surface area contributed by atoms with Gasteiger partial charge in [-0.15, -0.1) is 0 Å². The zero-order chi connectivity index (χ0) is 14.2. The van der Waals surface area contributed by atoms with E-state index >= 15 is 0 Å². The predicted octanol–water partition coefficient (Wildman–Crippen LogP) is 2.69. The molecule has 0 radical (unpaired) electrons. The van der Waals surface area contributed by atoms with Crippen LogP contribution in [0.4, 0.5) is 5.69 Å². The molecule has 0 atom stereocenters. The number of fused-ring (bicyclic) bond motifs is 2. The molecule has 0 aliphatic heterocycles. The van der Waals surface area contributed by atoms with Crippen molar-refractivity contribution >= 4 is 33.4 Å². The summed E-state index contributed by atoms with van der Waals surface area (Å²) < 4.78 is 0. The highest BCUT2D eigenvalue weighted by Crippen LogP contribution is 2.19. The van der Waals surface area contributed by atoms with E-state index in [-0.39, 0.29) is 5.91 Å². The van der Waals surface area contributed by atoms with E-state index in [4.69, 9.17) is 0 Å². The number of nitrogens with zero attached hydrogens (tertiary/aromatic N) is 2. The molecule has 0 saturated carbocycles. The van der Waals surface area contributed by atoms with E-state index < -0.39 is 0 Å². The van der Waals surface area contributed by atoms with Crippen LogP contribution in [0, 0.1) is 0 Å². The van der Waals surface area contributed by atoms with Crippen LogP contribution < -0.4 is 5.32 Å². The van der Waals surface area contributed by atoms with Gasteiger partial charge in [0.15, 0.2) is 5.69 Å². The molecule has 0 fully saturated rings. The molecule has 0 aliphatic carbocycles. The first-order valence-electron chi connectivity index (χ1n) is 6.49. The van der Waals surface area contributed by atoms with Gasteiger partial charge < -0.3 is 5.32 Å². The minimum Gasteiger partial charge on any atom is -0.320 e. The van der Waals surface area contributed by atoms with Gasteiger partial charge in [0.1, 0.15) is 0 Å². The van der Waals surface area contributed by atoms with Crippen molar-refractivity contribution in [1.29, 1.82) is 0 Å². The Kier molecular flexibility index (Phi) is 2.47. The normalized spacial score (nSPS) is 11.0. The average Bonchev–Trinajstić information content (AvgIpc) is 3.13. The zero-order valence-electron chi connectivity index (χ0n) is 10.9. The minimum atomic E-state index is -0.244. The Morgan fingerprint density at radius 1 is 1.05 bits per heavy atom. The molecule has 4 aromatic rings. The van der Waals surface area contributed by atoms with E-state index in [1.54, 1.807) is 6.20 Å². The van der Waals surface area contributed by atoms with Gasteiger partial charge in [0.05, 0.1) is 17.2 Å². The van der Waals surface area contributed by atoms with Crippen LogP contribution in [-0.4, -0.2) is 26.3 Å². The molecule has 0 bridgehead atoms. The monoisotopic (exact) mass is 277 g/mol. The number of amides is 1. The van der Waals surface area contributed by atoms with Gasteiger partial charge in [-0.2, -0.15) is 10.2 Å². The summed E-state index contributed by atoms with van der Waals surface area (Å²) in [5.74, 6) is -0.244. The Balaban J connectivity index is 1.68. The number of H-pyrrole nitrogens is 2. The van der Waals surface area contributed by atoms with Crippen molar-refractivity contribution in [2.75, 3.05) is 5.32 Å². The van der Waals surface area contributed by atoms with Crippen LogP contribution in [0.2, 0.25) is 0 Å². The molecule has 2 aromatic heterocycles. The van der Waals surface area contributed by atoms with E-state index in [0.717, 1.165) is 21.8 Å². The SMILES string of the molecule is O=C(Nc1ccc2cn[nH]c2c1)c1n[nH]c2ccccc12. The molecule has 2 aromatic carbocycles. The number of hydrogen-bond donors (Lipinski definition) is 3. The van der Waals surface area contributed by atoms with Crippen LogP contribution in [0.3, 0.4) is 0 Å². The summed E-state index contributed by atoms with van der Waals surface area (Å²) in [6.07, 6.45) is 1.74. The quantitative estimate of drug-likeness (QED) is 0.526. The van der Waals surface area contributed by atoms with Crippen molar-refractivity contribution in [3.8, 4) is 0 Å². The third kappa shape index (κ3) is 1.93. The average molecular weight is 277 g/mol. The summed E-state index contributed by atoms with van der Waals surface area (Å²) in [6.45, 7) is 0. The number of carbonyl (C=O) groups is 1. The summed E-state index contributed by atoms with van der Waals surface area (Å²) in [5.41, 5.74) is 2.80. The topological polar surface area (TPSA) is 86.5 Å². The molecule has 4 rings (SSSR count). The Hall–Kier alpha value is -3.15. The van der Waals surface area contributed by atoms with Crippen LogP contribution in [0.5, 0.6) is 0 Å². The fourth-order valence-electron chi connectivity index (χ4n) is 2.34. The first-order chi connectivity index (χ1) is 10.3. The Morgan fingerprint density at radius 2 is 1.95 bits per heavy atom. The third-order valence-electron chi connectivity index (χ3n) is 3.39. The molecule has 0 aliphatic rings. The van der Waals surface area contributed by atoms with Crippen molar-refractivity contribution in [3.63, 3.8) is 0 Å². The van der Waals surface area contributed by atoms with E-state index in [0.29, 0.717) is 11.4 Å². The minimum absolute atomic E-state index is 0.244. The van der Waals surface area contributed by atoms with E-state index in [9.17, 15) is 4.79 Å². The van der Waals surface area contributed by atoms with Crippen molar-refractivity contribution in [3.05, 3.63) is 54.4 Å².